The minimum Gasteiger partial charge on any atom is -0.507 e. The molecule has 0 aliphatic rings. The van der Waals surface area contributed by atoms with Gasteiger partial charge in [0.25, 0.3) is 0 Å². The Morgan fingerprint density at radius 2 is 2.21 bits per heavy atom. The van der Waals surface area contributed by atoms with E-state index in [1.807, 2.05) is 0 Å². The van der Waals surface area contributed by atoms with E-state index in [0.29, 0.717) is 24.7 Å². The Labute approximate surface area is 83.0 Å². The molecular formula is C11H14O3. The first-order valence-corrected chi connectivity index (χ1v) is 4.58. The highest BCUT2D eigenvalue weighted by Crippen LogP contribution is 2.17. The molecule has 1 atom stereocenters. The molecule has 0 radical (unpaired) electrons. The van der Waals surface area contributed by atoms with E-state index in [4.69, 9.17) is 5.11 Å². The fourth-order valence-corrected chi connectivity index (χ4v) is 1.23. The van der Waals surface area contributed by atoms with Crippen molar-refractivity contribution in [3.63, 3.8) is 0 Å². The van der Waals surface area contributed by atoms with Crippen molar-refractivity contribution in [2.24, 2.45) is 0 Å². The maximum atomic E-state index is 10.5. The van der Waals surface area contributed by atoms with Gasteiger partial charge in [-0.15, -0.1) is 0 Å². The smallest absolute Gasteiger partial charge is 0.153 e. The minimum absolute atomic E-state index is 0.000738. The van der Waals surface area contributed by atoms with E-state index in [0.717, 1.165) is 5.56 Å². The van der Waals surface area contributed by atoms with Crippen LogP contribution in [0.15, 0.2) is 18.2 Å². The standard InChI is InChI=1S/C11H14O3/c1-8(13)2-3-9-4-5-11(14)10(6-9)7-12/h4-8,13-14H,2-3H2,1H3. The molecule has 0 amide bonds. The lowest BCUT2D eigenvalue weighted by Crippen LogP contribution is -2.01. The normalized spacial score (nSPS) is 12.4. The number of aromatic hydroxyl groups is 1. The lowest BCUT2D eigenvalue weighted by molar-refractivity contribution is 0.112. The summed E-state index contributed by atoms with van der Waals surface area (Å²) in [4.78, 5) is 10.5. The van der Waals surface area contributed by atoms with Crippen LogP contribution >= 0.6 is 0 Å². The van der Waals surface area contributed by atoms with Crippen LogP contribution < -0.4 is 0 Å². The molecule has 0 fully saturated rings. The van der Waals surface area contributed by atoms with E-state index in [9.17, 15) is 9.90 Å². The highest BCUT2D eigenvalue weighted by atomic mass is 16.3. The highest BCUT2D eigenvalue weighted by Gasteiger charge is 2.02. The van der Waals surface area contributed by atoms with Gasteiger partial charge in [-0.05, 0) is 37.5 Å². The third-order valence-electron chi connectivity index (χ3n) is 2.07. The summed E-state index contributed by atoms with van der Waals surface area (Å²) in [5, 5.41) is 18.3. The average Bonchev–Trinajstić information content (AvgIpc) is 2.16. The first-order chi connectivity index (χ1) is 6.63. The topological polar surface area (TPSA) is 57.5 Å². The SMILES string of the molecule is CC(O)CCc1ccc(O)c(C=O)c1. The first-order valence-electron chi connectivity index (χ1n) is 4.58. The van der Waals surface area contributed by atoms with Gasteiger partial charge < -0.3 is 10.2 Å². The number of aldehydes is 1. The number of carbonyl (C=O) groups is 1. The van der Waals surface area contributed by atoms with E-state index < -0.39 is 0 Å². The number of aliphatic hydroxyl groups excluding tert-OH is 1. The van der Waals surface area contributed by atoms with Crippen LogP contribution in [0.1, 0.15) is 29.3 Å². The summed E-state index contributed by atoms with van der Waals surface area (Å²) in [6, 6.07) is 4.90. The molecule has 0 heterocycles. The van der Waals surface area contributed by atoms with Crippen molar-refractivity contribution in [2.75, 3.05) is 0 Å². The number of carbonyl (C=O) groups excluding carboxylic acids is 1. The van der Waals surface area contributed by atoms with Gasteiger partial charge in [-0.2, -0.15) is 0 Å². The van der Waals surface area contributed by atoms with Crippen LogP contribution in [-0.4, -0.2) is 22.6 Å². The number of aryl methyl sites for hydroxylation is 1. The lowest BCUT2D eigenvalue weighted by atomic mass is 10.0. The second-order valence-electron chi connectivity index (χ2n) is 3.40. The molecule has 0 saturated heterocycles. The second-order valence-corrected chi connectivity index (χ2v) is 3.40. The van der Waals surface area contributed by atoms with E-state index >= 15 is 0 Å². The molecule has 14 heavy (non-hydrogen) atoms. The predicted molar refractivity (Wildman–Crippen MR) is 53.5 cm³/mol. The quantitative estimate of drug-likeness (QED) is 0.714. The summed E-state index contributed by atoms with van der Waals surface area (Å²) in [6.07, 6.45) is 1.65. The minimum atomic E-state index is -0.344. The number of phenolic OH excluding ortho intramolecular Hbond substituents is 1. The van der Waals surface area contributed by atoms with Gasteiger partial charge >= 0.3 is 0 Å². The molecule has 0 aliphatic heterocycles. The van der Waals surface area contributed by atoms with Gasteiger partial charge in [0.05, 0.1) is 11.7 Å². The van der Waals surface area contributed by atoms with Crippen LogP contribution in [0.2, 0.25) is 0 Å². The lowest BCUT2D eigenvalue weighted by Gasteiger charge is -2.05. The van der Waals surface area contributed by atoms with Gasteiger partial charge in [0.2, 0.25) is 0 Å². The Balaban J connectivity index is 2.74. The van der Waals surface area contributed by atoms with Crippen LogP contribution in [0.25, 0.3) is 0 Å². The van der Waals surface area contributed by atoms with E-state index in [-0.39, 0.29) is 11.9 Å². The summed E-state index contributed by atoms with van der Waals surface area (Å²) >= 11 is 0. The Kier molecular flexibility index (Phi) is 3.65. The second kappa shape index (κ2) is 4.77. The summed E-state index contributed by atoms with van der Waals surface area (Å²) < 4.78 is 0. The summed E-state index contributed by atoms with van der Waals surface area (Å²) in [7, 11) is 0. The van der Waals surface area contributed by atoms with Gasteiger partial charge in [0.1, 0.15) is 5.75 Å². The monoisotopic (exact) mass is 194 g/mol. The maximum absolute atomic E-state index is 10.5. The van der Waals surface area contributed by atoms with Gasteiger partial charge in [-0.1, -0.05) is 6.07 Å². The first kappa shape index (κ1) is 10.7. The predicted octanol–water partition coefficient (Wildman–Crippen LogP) is 1.52. The Bertz CT molecular complexity index is 318. The average molecular weight is 194 g/mol. The van der Waals surface area contributed by atoms with Crippen molar-refractivity contribution in [1.82, 2.24) is 0 Å². The van der Waals surface area contributed by atoms with Crippen LogP contribution in [-0.2, 0) is 6.42 Å². The van der Waals surface area contributed by atoms with Crippen molar-refractivity contribution >= 4 is 6.29 Å². The number of hydrogen-bond acceptors (Lipinski definition) is 3. The zero-order chi connectivity index (χ0) is 10.6. The molecule has 0 aromatic heterocycles. The molecular weight excluding hydrogens is 180 g/mol. The van der Waals surface area contributed by atoms with Gasteiger partial charge in [0, 0.05) is 0 Å². The summed E-state index contributed by atoms with van der Waals surface area (Å²) in [5.74, 6) is 0.000738. The van der Waals surface area contributed by atoms with Crippen molar-refractivity contribution in [2.45, 2.75) is 25.9 Å². The largest absolute Gasteiger partial charge is 0.507 e. The molecule has 0 aliphatic carbocycles. The van der Waals surface area contributed by atoms with E-state index in [2.05, 4.69) is 0 Å². The zero-order valence-electron chi connectivity index (χ0n) is 8.10. The molecule has 0 saturated carbocycles. The Morgan fingerprint density at radius 3 is 2.79 bits per heavy atom. The number of hydrogen-bond donors (Lipinski definition) is 2. The fraction of sp³-hybridized carbons (Fsp3) is 0.364. The molecule has 3 heteroatoms. The van der Waals surface area contributed by atoms with E-state index in [1.165, 1.54) is 6.07 Å². The van der Waals surface area contributed by atoms with Crippen molar-refractivity contribution in [1.29, 1.82) is 0 Å². The molecule has 1 aromatic carbocycles. The molecule has 1 rings (SSSR count). The molecule has 1 aromatic rings. The third-order valence-corrected chi connectivity index (χ3v) is 2.07. The third kappa shape index (κ3) is 2.85. The van der Waals surface area contributed by atoms with Crippen LogP contribution in [0.5, 0.6) is 5.75 Å². The zero-order valence-corrected chi connectivity index (χ0v) is 8.10. The van der Waals surface area contributed by atoms with Crippen molar-refractivity contribution in [3.05, 3.63) is 29.3 Å². The molecule has 76 valence electrons. The Hall–Kier alpha value is -1.35. The fourth-order valence-electron chi connectivity index (χ4n) is 1.23. The van der Waals surface area contributed by atoms with Gasteiger partial charge in [-0.3, -0.25) is 4.79 Å². The molecule has 1 unspecified atom stereocenters. The van der Waals surface area contributed by atoms with E-state index in [1.54, 1.807) is 19.1 Å². The number of benzene rings is 1. The molecule has 0 spiro atoms. The van der Waals surface area contributed by atoms with Crippen LogP contribution in [0, 0.1) is 0 Å². The van der Waals surface area contributed by atoms with Gasteiger partial charge in [-0.25, -0.2) is 0 Å². The van der Waals surface area contributed by atoms with Crippen LogP contribution in [0.3, 0.4) is 0 Å². The number of rotatable bonds is 4. The van der Waals surface area contributed by atoms with Crippen LogP contribution in [0.4, 0.5) is 0 Å². The molecule has 3 nitrogen and oxygen atoms in total. The Morgan fingerprint density at radius 1 is 1.50 bits per heavy atom. The molecule has 0 bridgehead atoms. The summed E-state index contributed by atoms with van der Waals surface area (Å²) in [5.41, 5.74) is 1.25. The maximum Gasteiger partial charge on any atom is 0.153 e. The van der Waals surface area contributed by atoms with Crippen molar-refractivity contribution < 1.29 is 15.0 Å². The highest BCUT2D eigenvalue weighted by molar-refractivity contribution is 5.79. The molecule has 2 N–H and O–H groups in total. The number of aliphatic hydroxyl groups is 1. The van der Waals surface area contributed by atoms with Crippen molar-refractivity contribution in [3.8, 4) is 5.75 Å². The summed E-state index contributed by atoms with van der Waals surface area (Å²) in [6.45, 7) is 1.72. The van der Waals surface area contributed by atoms with Gasteiger partial charge in [0.15, 0.2) is 6.29 Å². The number of phenols is 1.